The molecule has 100 valence electrons. The number of hydrogen-bond donors (Lipinski definition) is 1. The summed E-state index contributed by atoms with van der Waals surface area (Å²) in [6, 6.07) is 11.6. The van der Waals surface area contributed by atoms with Crippen LogP contribution in [0, 0.1) is 5.92 Å². The summed E-state index contributed by atoms with van der Waals surface area (Å²) in [4.78, 5) is 11.2. The lowest BCUT2D eigenvalue weighted by molar-refractivity contribution is -0.145. The minimum Gasteiger partial charge on any atom is -0.476 e. The Hall–Kier alpha value is -2.30. The molecular weight excluding hydrogens is 244 g/mol. The lowest BCUT2D eigenvalue weighted by Crippen LogP contribution is -2.20. The van der Waals surface area contributed by atoms with E-state index in [1.807, 2.05) is 30.3 Å². The molecule has 0 saturated carbocycles. The highest BCUT2D eigenvalue weighted by Gasteiger charge is 2.14. The number of carbonyl (C=O) groups is 1. The number of aromatic amines is 1. The van der Waals surface area contributed by atoms with E-state index >= 15 is 0 Å². The Morgan fingerprint density at radius 3 is 2.79 bits per heavy atom. The van der Waals surface area contributed by atoms with E-state index in [1.165, 1.54) is 7.11 Å². The molecule has 0 amide bonds. The number of methoxy groups -OCH3 is 1. The van der Waals surface area contributed by atoms with Crippen molar-refractivity contribution in [3.8, 4) is 17.1 Å². The summed E-state index contributed by atoms with van der Waals surface area (Å²) in [6.45, 7) is 1.99. The first-order valence-electron chi connectivity index (χ1n) is 6.02. The van der Waals surface area contributed by atoms with Crippen molar-refractivity contribution in [2.75, 3.05) is 13.7 Å². The van der Waals surface area contributed by atoms with Gasteiger partial charge in [0.1, 0.15) is 6.61 Å². The molecule has 0 aliphatic heterocycles. The minimum absolute atomic E-state index is 0.242. The number of H-pyrrole nitrogens is 1. The molecule has 2 aromatic rings. The van der Waals surface area contributed by atoms with E-state index in [9.17, 15) is 4.79 Å². The zero-order valence-corrected chi connectivity index (χ0v) is 10.9. The SMILES string of the molecule is COC(=O)C(C)COc1cc(-c2ccccc2)[nH]n1. The van der Waals surface area contributed by atoms with Crippen molar-refractivity contribution >= 4 is 5.97 Å². The summed E-state index contributed by atoms with van der Waals surface area (Å²) < 4.78 is 10.1. The number of nitrogens with one attached hydrogen (secondary N) is 1. The van der Waals surface area contributed by atoms with Gasteiger partial charge in [0.25, 0.3) is 0 Å². The zero-order valence-electron chi connectivity index (χ0n) is 10.9. The molecule has 0 saturated heterocycles. The minimum atomic E-state index is -0.318. The van der Waals surface area contributed by atoms with Gasteiger partial charge in [-0.2, -0.15) is 0 Å². The molecule has 2 rings (SSSR count). The number of ether oxygens (including phenoxy) is 2. The molecule has 0 radical (unpaired) electrons. The van der Waals surface area contributed by atoms with Crippen molar-refractivity contribution in [2.24, 2.45) is 5.92 Å². The first-order chi connectivity index (χ1) is 9.20. The molecule has 1 N–H and O–H groups in total. The number of carbonyl (C=O) groups excluding carboxylic acids is 1. The van der Waals surface area contributed by atoms with E-state index in [2.05, 4.69) is 14.9 Å². The van der Waals surface area contributed by atoms with Crippen LogP contribution in [0.2, 0.25) is 0 Å². The van der Waals surface area contributed by atoms with Crippen molar-refractivity contribution in [3.63, 3.8) is 0 Å². The second kappa shape index (κ2) is 6.04. The van der Waals surface area contributed by atoms with Gasteiger partial charge in [-0.05, 0) is 12.5 Å². The van der Waals surface area contributed by atoms with Crippen molar-refractivity contribution in [1.82, 2.24) is 10.2 Å². The van der Waals surface area contributed by atoms with Gasteiger partial charge in [0, 0.05) is 6.07 Å². The highest BCUT2D eigenvalue weighted by Crippen LogP contribution is 2.20. The molecule has 5 heteroatoms. The first-order valence-corrected chi connectivity index (χ1v) is 6.02. The number of esters is 1. The van der Waals surface area contributed by atoms with Crippen molar-refractivity contribution < 1.29 is 14.3 Å². The predicted molar refractivity (Wildman–Crippen MR) is 70.7 cm³/mol. The summed E-state index contributed by atoms with van der Waals surface area (Å²) in [5.41, 5.74) is 1.91. The Bertz CT molecular complexity index is 537. The average Bonchev–Trinajstić information content (AvgIpc) is 2.93. The number of aromatic nitrogens is 2. The van der Waals surface area contributed by atoms with Gasteiger partial charge in [-0.15, -0.1) is 5.10 Å². The van der Waals surface area contributed by atoms with Crippen LogP contribution in [0.5, 0.6) is 5.88 Å². The van der Waals surface area contributed by atoms with Crippen LogP contribution in [0.25, 0.3) is 11.3 Å². The van der Waals surface area contributed by atoms with Crippen LogP contribution in [-0.4, -0.2) is 29.9 Å². The molecule has 0 aliphatic carbocycles. The van der Waals surface area contributed by atoms with Gasteiger partial charge in [-0.25, -0.2) is 0 Å². The van der Waals surface area contributed by atoms with E-state index in [1.54, 1.807) is 13.0 Å². The Morgan fingerprint density at radius 1 is 1.37 bits per heavy atom. The molecular formula is C14H16N2O3. The Balaban J connectivity index is 1.97. The Morgan fingerprint density at radius 2 is 2.11 bits per heavy atom. The van der Waals surface area contributed by atoms with Gasteiger partial charge in [0.15, 0.2) is 0 Å². The highest BCUT2D eigenvalue weighted by atomic mass is 16.5. The summed E-state index contributed by atoms with van der Waals surface area (Å²) in [6.07, 6.45) is 0. The van der Waals surface area contributed by atoms with E-state index < -0.39 is 0 Å². The maximum atomic E-state index is 11.2. The molecule has 0 bridgehead atoms. The monoisotopic (exact) mass is 260 g/mol. The summed E-state index contributed by atoms with van der Waals surface area (Å²) in [7, 11) is 1.36. The fraction of sp³-hybridized carbons (Fsp3) is 0.286. The smallest absolute Gasteiger partial charge is 0.311 e. The molecule has 1 atom stereocenters. The first kappa shape index (κ1) is 13.1. The lowest BCUT2D eigenvalue weighted by Gasteiger charge is -2.08. The second-order valence-electron chi connectivity index (χ2n) is 4.22. The Labute approximate surface area is 111 Å². The van der Waals surface area contributed by atoms with E-state index in [0.29, 0.717) is 5.88 Å². The molecule has 19 heavy (non-hydrogen) atoms. The van der Waals surface area contributed by atoms with Crippen LogP contribution >= 0.6 is 0 Å². The van der Waals surface area contributed by atoms with Crippen LogP contribution < -0.4 is 4.74 Å². The largest absolute Gasteiger partial charge is 0.476 e. The summed E-state index contributed by atoms with van der Waals surface area (Å²) >= 11 is 0. The topological polar surface area (TPSA) is 64.2 Å². The predicted octanol–water partition coefficient (Wildman–Crippen LogP) is 2.26. The third kappa shape index (κ3) is 3.34. The molecule has 1 heterocycles. The van der Waals surface area contributed by atoms with Crippen LogP contribution in [0.4, 0.5) is 0 Å². The third-order valence-electron chi connectivity index (χ3n) is 2.72. The van der Waals surface area contributed by atoms with Crippen molar-refractivity contribution in [1.29, 1.82) is 0 Å². The number of hydrogen-bond acceptors (Lipinski definition) is 4. The number of rotatable bonds is 5. The second-order valence-corrected chi connectivity index (χ2v) is 4.22. The molecule has 1 unspecified atom stereocenters. The van der Waals surface area contributed by atoms with Crippen molar-refractivity contribution in [2.45, 2.75) is 6.92 Å². The fourth-order valence-electron chi connectivity index (χ4n) is 1.62. The molecule has 1 aromatic heterocycles. The van der Waals surface area contributed by atoms with Gasteiger partial charge in [0.05, 0.1) is 18.7 Å². The highest BCUT2D eigenvalue weighted by molar-refractivity contribution is 5.71. The quantitative estimate of drug-likeness (QED) is 0.837. The van der Waals surface area contributed by atoms with E-state index in [4.69, 9.17) is 4.74 Å². The van der Waals surface area contributed by atoms with Crippen LogP contribution in [-0.2, 0) is 9.53 Å². The van der Waals surface area contributed by atoms with Gasteiger partial charge in [0.2, 0.25) is 5.88 Å². The Kier molecular flexibility index (Phi) is 4.18. The molecule has 0 spiro atoms. The van der Waals surface area contributed by atoms with Gasteiger partial charge < -0.3 is 9.47 Å². The molecule has 0 aliphatic rings. The molecule has 5 nitrogen and oxygen atoms in total. The van der Waals surface area contributed by atoms with E-state index in [0.717, 1.165) is 11.3 Å². The fourth-order valence-corrected chi connectivity index (χ4v) is 1.62. The van der Waals surface area contributed by atoms with Gasteiger partial charge in [-0.1, -0.05) is 30.3 Å². The van der Waals surface area contributed by atoms with Crippen LogP contribution in [0.1, 0.15) is 6.92 Å². The maximum Gasteiger partial charge on any atom is 0.311 e. The van der Waals surface area contributed by atoms with Crippen LogP contribution in [0.3, 0.4) is 0 Å². The van der Waals surface area contributed by atoms with Crippen LogP contribution in [0.15, 0.2) is 36.4 Å². The molecule has 1 aromatic carbocycles. The lowest BCUT2D eigenvalue weighted by atomic mass is 10.2. The van der Waals surface area contributed by atoms with Gasteiger partial charge in [-0.3, -0.25) is 9.89 Å². The van der Waals surface area contributed by atoms with Gasteiger partial charge >= 0.3 is 5.97 Å². The average molecular weight is 260 g/mol. The normalized spacial score (nSPS) is 11.9. The third-order valence-corrected chi connectivity index (χ3v) is 2.72. The van der Waals surface area contributed by atoms with E-state index in [-0.39, 0.29) is 18.5 Å². The number of benzene rings is 1. The standard InChI is InChI=1S/C14H16N2O3/c1-10(14(17)18-2)9-19-13-8-12(15-16-13)11-6-4-3-5-7-11/h3-8,10H,9H2,1-2H3,(H,15,16). The summed E-state index contributed by atoms with van der Waals surface area (Å²) in [5.74, 6) is -0.143. The maximum absolute atomic E-state index is 11.2. The van der Waals surface area contributed by atoms with Crippen molar-refractivity contribution in [3.05, 3.63) is 36.4 Å². The molecule has 0 fully saturated rings. The number of nitrogens with zero attached hydrogens (tertiary/aromatic N) is 1. The summed E-state index contributed by atoms with van der Waals surface area (Å²) in [5, 5.41) is 6.95. The zero-order chi connectivity index (χ0) is 13.7.